The second-order valence-electron chi connectivity index (χ2n) is 2.05. The molecule has 0 aliphatic carbocycles. The van der Waals surface area contributed by atoms with Crippen molar-refractivity contribution >= 4 is 3.95 Å². The Labute approximate surface area is 72.9 Å². The van der Waals surface area contributed by atoms with E-state index < -0.39 is 0 Å². The van der Waals surface area contributed by atoms with Crippen molar-refractivity contribution in [3.05, 3.63) is 42.5 Å². The first-order chi connectivity index (χ1) is 4.84. The van der Waals surface area contributed by atoms with Crippen LogP contribution in [0.15, 0.2) is 36.9 Å². The van der Waals surface area contributed by atoms with Crippen LogP contribution in [0.5, 0.6) is 0 Å². The van der Waals surface area contributed by atoms with E-state index in [0.717, 1.165) is 6.42 Å². The summed E-state index contributed by atoms with van der Waals surface area (Å²) in [5, 5.41) is 0. The van der Waals surface area contributed by atoms with Crippen molar-refractivity contribution in [3.8, 4) is 0 Å². The average molecular weight is 312 g/mol. The molecule has 0 saturated heterocycles. The molecule has 0 spiro atoms. The average Bonchev–Trinajstić information content (AvgIpc) is 1.94. The molecule has 0 unspecified atom stereocenters. The Balaban J connectivity index is 2.91. The Morgan fingerprint density at radius 1 is 1.40 bits per heavy atom. The minimum atomic E-state index is 0.972. The summed E-state index contributed by atoms with van der Waals surface area (Å²) >= 11 is 2.32. The number of rotatable bonds is 2. The van der Waals surface area contributed by atoms with Gasteiger partial charge in [-0.1, -0.05) is 0 Å². The van der Waals surface area contributed by atoms with Crippen molar-refractivity contribution < 1.29 is 19.8 Å². The summed E-state index contributed by atoms with van der Waals surface area (Å²) in [7, 11) is 0. The van der Waals surface area contributed by atoms with Crippen molar-refractivity contribution in [3.63, 3.8) is 0 Å². The molecule has 1 rings (SSSR count). The predicted octanol–water partition coefficient (Wildman–Crippen LogP) is 1.59. The van der Waals surface area contributed by atoms with Crippen LogP contribution in [0.4, 0.5) is 0 Å². The summed E-state index contributed by atoms with van der Waals surface area (Å²) in [5.74, 6) is 0. The third-order valence-corrected chi connectivity index (χ3v) is 2.40. The summed E-state index contributed by atoms with van der Waals surface area (Å²) < 4.78 is 1.32. The van der Waals surface area contributed by atoms with Crippen molar-refractivity contribution in [2.24, 2.45) is 0 Å². The molecule has 1 heteroatoms. The van der Waals surface area contributed by atoms with Gasteiger partial charge in [0.2, 0.25) is 0 Å². The molecule has 1 aromatic carbocycles. The predicted molar refractivity (Wildman–Crippen MR) is 40.0 cm³/mol. The molecule has 0 aliphatic rings. The minimum absolute atomic E-state index is 0.972. The second kappa shape index (κ2) is 3.73. The molecule has 0 nitrogen and oxygen atoms in total. The van der Waals surface area contributed by atoms with Gasteiger partial charge in [-0.05, 0) is 0 Å². The van der Waals surface area contributed by atoms with Gasteiger partial charge < -0.3 is 0 Å². The van der Waals surface area contributed by atoms with Gasteiger partial charge in [0.25, 0.3) is 0 Å². The maximum absolute atomic E-state index is 3.69. The summed E-state index contributed by atoms with van der Waals surface area (Å²) in [6, 6.07) is 8.35. The van der Waals surface area contributed by atoms with Gasteiger partial charge in [-0.3, -0.25) is 0 Å². The van der Waals surface area contributed by atoms with Gasteiger partial charge >= 0.3 is 72.7 Å². The Bertz CT molecular complexity index is 228. The molecule has 0 amide bonds. The Kier molecular flexibility index (Phi) is 2.89. The zero-order chi connectivity index (χ0) is 7.40. The van der Waals surface area contributed by atoms with Gasteiger partial charge in [-0.25, -0.2) is 0 Å². The van der Waals surface area contributed by atoms with E-state index >= 15 is 0 Å². The topological polar surface area (TPSA) is 0 Å². The standard InChI is InChI=1S/C9H9.Pt/c1-2-6-9-7-4-3-5-8-9;/h2-5,7H,1,6H2;. The Morgan fingerprint density at radius 3 is 2.70 bits per heavy atom. The van der Waals surface area contributed by atoms with Crippen LogP contribution in [0, 0.1) is 0 Å². The van der Waals surface area contributed by atoms with Crippen molar-refractivity contribution in [1.82, 2.24) is 0 Å². The van der Waals surface area contributed by atoms with Crippen LogP contribution in [0.2, 0.25) is 0 Å². The third-order valence-electron chi connectivity index (χ3n) is 1.29. The molecule has 0 aliphatic heterocycles. The molecular formula is C9H9Pt. The van der Waals surface area contributed by atoms with E-state index in [1.165, 1.54) is 9.52 Å². The molecule has 0 radical (unpaired) electrons. The van der Waals surface area contributed by atoms with E-state index in [1.54, 1.807) is 0 Å². The summed E-state index contributed by atoms with van der Waals surface area (Å²) in [5.41, 5.74) is 1.36. The van der Waals surface area contributed by atoms with Crippen molar-refractivity contribution in [1.29, 1.82) is 0 Å². The first-order valence-corrected chi connectivity index (χ1v) is 4.29. The SMILES string of the molecule is C=CCc1cccc[c]1[Pt]. The van der Waals surface area contributed by atoms with E-state index in [0.29, 0.717) is 0 Å². The van der Waals surface area contributed by atoms with Gasteiger partial charge in [-0.2, -0.15) is 0 Å². The fourth-order valence-corrected chi connectivity index (χ4v) is 1.44. The van der Waals surface area contributed by atoms with Crippen LogP contribution in [-0.2, 0) is 26.2 Å². The normalized spacial score (nSPS) is 9.40. The van der Waals surface area contributed by atoms with Gasteiger partial charge in [-0.15, -0.1) is 0 Å². The van der Waals surface area contributed by atoms with Crippen molar-refractivity contribution in [2.75, 3.05) is 0 Å². The quantitative estimate of drug-likeness (QED) is 0.728. The maximum atomic E-state index is 3.69. The zero-order valence-corrected chi connectivity index (χ0v) is 7.89. The van der Waals surface area contributed by atoms with Crippen LogP contribution in [-0.4, -0.2) is 0 Å². The molecule has 55 valence electrons. The fraction of sp³-hybridized carbons (Fsp3) is 0.111. The molecule has 10 heavy (non-hydrogen) atoms. The van der Waals surface area contributed by atoms with Crippen LogP contribution in [0.3, 0.4) is 0 Å². The van der Waals surface area contributed by atoms with Crippen LogP contribution in [0.25, 0.3) is 0 Å². The molecule has 0 aromatic heterocycles. The van der Waals surface area contributed by atoms with Gasteiger partial charge in [0.1, 0.15) is 0 Å². The summed E-state index contributed by atoms with van der Waals surface area (Å²) in [6.45, 7) is 3.69. The van der Waals surface area contributed by atoms with E-state index in [4.69, 9.17) is 0 Å². The van der Waals surface area contributed by atoms with E-state index in [2.05, 4.69) is 50.7 Å². The van der Waals surface area contributed by atoms with Crippen LogP contribution >= 0.6 is 0 Å². The monoisotopic (exact) mass is 312 g/mol. The third kappa shape index (κ3) is 1.81. The number of allylic oxidation sites excluding steroid dienone is 1. The molecule has 0 heterocycles. The van der Waals surface area contributed by atoms with Crippen LogP contribution < -0.4 is 3.95 Å². The molecule has 0 fully saturated rings. The fourth-order valence-electron chi connectivity index (χ4n) is 0.802. The Hall–Kier alpha value is -0.352. The summed E-state index contributed by atoms with van der Waals surface area (Å²) in [4.78, 5) is 0. The number of benzene rings is 1. The first-order valence-electron chi connectivity index (χ1n) is 3.16. The molecule has 1 aromatic rings. The molecule has 0 bridgehead atoms. The van der Waals surface area contributed by atoms with E-state index in [9.17, 15) is 0 Å². The first kappa shape index (κ1) is 7.75. The van der Waals surface area contributed by atoms with Crippen LogP contribution in [0.1, 0.15) is 5.56 Å². The van der Waals surface area contributed by atoms with Gasteiger partial charge in [0, 0.05) is 0 Å². The van der Waals surface area contributed by atoms with E-state index in [1.807, 2.05) is 6.08 Å². The summed E-state index contributed by atoms with van der Waals surface area (Å²) in [6.07, 6.45) is 2.90. The number of hydrogen-bond donors (Lipinski definition) is 0. The zero-order valence-electron chi connectivity index (χ0n) is 5.62. The Morgan fingerprint density at radius 2 is 2.10 bits per heavy atom. The number of hydrogen-bond acceptors (Lipinski definition) is 0. The van der Waals surface area contributed by atoms with Gasteiger partial charge in [0.05, 0.1) is 0 Å². The molecular weight excluding hydrogens is 303 g/mol. The van der Waals surface area contributed by atoms with E-state index in [-0.39, 0.29) is 0 Å². The van der Waals surface area contributed by atoms with Gasteiger partial charge in [0.15, 0.2) is 0 Å². The second-order valence-corrected chi connectivity index (χ2v) is 3.27. The molecule has 0 N–H and O–H groups in total. The molecule has 0 saturated carbocycles. The molecule has 0 atom stereocenters. The van der Waals surface area contributed by atoms with Crippen molar-refractivity contribution in [2.45, 2.75) is 6.42 Å².